The molecular weight excluding hydrogens is 622 g/mol. The molecule has 7 atom stereocenters. The molecule has 4 aromatic rings. The predicted molar refractivity (Wildman–Crippen MR) is 164 cm³/mol. The topological polar surface area (TPSA) is 79.5 Å². The molecule has 2 aliphatic carbocycles. The molecule has 1 N–H and O–H groups in total. The molecule has 2 saturated carbocycles. The van der Waals surface area contributed by atoms with Crippen molar-refractivity contribution in [1.82, 2.24) is 4.98 Å². The number of aromatic nitrogens is 1. The maximum atomic E-state index is 14.0. The van der Waals surface area contributed by atoms with E-state index in [4.69, 9.17) is 4.74 Å². The van der Waals surface area contributed by atoms with Crippen LogP contribution in [0, 0.1) is 36.5 Å². The standard InChI is InChI=1S/C34H27F3N2O4S2/c1-16-6-4-7-17(12-16)15-43-23-11-3-2-10-20(23)24-25-21-14-22(28(25)44-30-29(24)45-33(42)38-30)27-26(21)31(40)39(32(27)41)19-9-5-8-18(13-19)34(35,36)37/h2-13,21-22,24-28H,14-15H2,1H3,(H,38,42)/t21-,22-,24+,25+,26+,27+,28-/m1/s1. The molecule has 45 heavy (non-hydrogen) atoms. The molecule has 4 aliphatic rings. The number of ether oxygens (including phenoxy) is 1. The van der Waals surface area contributed by atoms with Gasteiger partial charge in [-0.2, -0.15) is 13.2 Å². The van der Waals surface area contributed by atoms with Gasteiger partial charge in [-0.15, -0.1) is 11.8 Å². The van der Waals surface area contributed by atoms with Gasteiger partial charge in [-0.3, -0.25) is 19.3 Å². The number of hydrogen-bond donors (Lipinski definition) is 1. The van der Waals surface area contributed by atoms with Crippen LogP contribution in [-0.4, -0.2) is 22.0 Å². The molecule has 8 rings (SSSR count). The van der Waals surface area contributed by atoms with E-state index in [0.29, 0.717) is 18.8 Å². The molecule has 6 nitrogen and oxygen atoms in total. The molecule has 11 heteroatoms. The van der Waals surface area contributed by atoms with Gasteiger partial charge in [0.05, 0.1) is 28.1 Å². The maximum absolute atomic E-state index is 14.0. The Bertz CT molecular complexity index is 1920. The van der Waals surface area contributed by atoms with Crippen LogP contribution >= 0.6 is 23.1 Å². The second-order valence-electron chi connectivity index (χ2n) is 12.3. The lowest BCUT2D eigenvalue weighted by atomic mass is 9.68. The van der Waals surface area contributed by atoms with Crippen molar-refractivity contribution in [3.63, 3.8) is 0 Å². The molecule has 2 amide bonds. The van der Waals surface area contributed by atoms with E-state index in [1.165, 1.54) is 23.5 Å². The Balaban J connectivity index is 1.17. The molecule has 230 valence electrons. The summed E-state index contributed by atoms with van der Waals surface area (Å²) in [7, 11) is 0. The lowest BCUT2D eigenvalue weighted by molar-refractivity contribution is -0.137. The fourth-order valence-electron chi connectivity index (χ4n) is 8.27. The summed E-state index contributed by atoms with van der Waals surface area (Å²) >= 11 is 2.73. The number of aromatic amines is 1. The van der Waals surface area contributed by atoms with Crippen LogP contribution in [0.1, 0.15) is 39.5 Å². The van der Waals surface area contributed by atoms with Crippen LogP contribution in [0.3, 0.4) is 0 Å². The average molecular weight is 649 g/mol. The number of carbonyl (C=O) groups excluding carboxylic acids is 2. The normalized spacial score (nSPS) is 28.3. The van der Waals surface area contributed by atoms with Crippen molar-refractivity contribution < 1.29 is 27.5 Å². The molecule has 0 radical (unpaired) electrons. The molecule has 2 aliphatic heterocycles. The minimum atomic E-state index is -4.60. The summed E-state index contributed by atoms with van der Waals surface area (Å²) in [5.74, 6) is -2.04. The highest BCUT2D eigenvalue weighted by Gasteiger charge is 2.70. The minimum absolute atomic E-state index is 0.0425. The Hall–Kier alpha value is -3.83. The number of anilines is 1. The SMILES string of the molecule is Cc1cccc(COc2ccccc2[C@@H]2c3sc(=O)[nH]c3S[C@@H]3[C@@H]4C[C@@H]([C@@H]5C(=O)N(c6cccc(C(F)(F)F)c6)C(=O)[C@@H]45)[C@@H]23)c1. The smallest absolute Gasteiger partial charge is 0.416 e. The number of imide groups is 1. The van der Waals surface area contributed by atoms with Gasteiger partial charge in [0.25, 0.3) is 0 Å². The largest absolute Gasteiger partial charge is 0.489 e. The van der Waals surface area contributed by atoms with Crippen molar-refractivity contribution in [2.24, 2.45) is 29.6 Å². The van der Waals surface area contributed by atoms with E-state index >= 15 is 0 Å². The Morgan fingerprint density at radius 2 is 1.69 bits per heavy atom. The van der Waals surface area contributed by atoms with Gasteiger partial charge in [-0.25, -0.2) is 0 Å². The molecule has 0 spiro atoms. The monoisotopic (exact) mass is 648 g/mol. The number of rotatable bonds is 5. The van der Waals surface area contributed by atoms with Crippen LogP contribution < -0.4 is 14.5 Å². The highest BCUT2D eigenvalue weighted by molar-refractivity contribution is 8.00. The third-order valence-corrected chi connectivity index (χ3v) is 12.5. The zero-order valence-electron chi connectivity index (χ0n) is 23.9. The lowest BCUT2D eigenvalue weighted by Crippen LogP contribution is -2.42. The number of hydrogen-bond acceptors (Lipinski definition) is 6. The van der Waals surface area contributed by atoms with Gasteiger partial charge in [-0.1, -0.05) is 65.4 Å². The second-order valence-corrected chi connectivity index (χ2v) is 14.5. The summed E-state index contributed by atoms with van der Waals surface area (Å²) in [6, 6.07) is 20.3. The van der Waals surface area contributed by atoms with Gasteiger partial charge in [0.2, 0.25) is 11.8 Å². The molecule has 3 aromatic carbocycles. The molecule has 3 fully saturated rings. The summed E-state index contributed by atoms with van der Waals surface area (Å²) in [5, 5.41) is 0.724. The van der Waals surface area contributed by atoms with Gasteiger partial charge in [0.15, 0.2) is 0 Å². The second kappa shape index (κ2) is 10.3. The summed E-state index contributed by atoms with van der Waals surface area (Å²) in [5.41, 5.74) is 2.14. The number of nitrogens with one attached hydrogen (secondary N) is 1. The first-order valence-corrected chi connectivity index (χ1v) is 16.5. The molecule has 1 aromatic heterocycles. The van der Waals surface area contributed by atoms with Crippen molar-refractivity contribution in [2.45, 2.75) is 42.3 Å². The number of aryl methyl sites for hydroxylation is 1. The van der Waals surface area contributed by atoms with Crippen LogP contribution in [-0.2, 0) is 22.4 Å². The fourth-order valence-corrected chi connectivity index (χ4v) is 11.2. The van der Waals surface area contributed by atoms with Gasteiger partial charge in [-0.05, 0) is 60.9 Å². The summed E-state index contributed by atoms with van der Waals surface area (Å²) in [6.45, 7) is 2.39. The number of nitrogens with zero attached hydrogens (tertiary/aromatic N) is 1. The zero-order chi connectivity index (χ0) is 31.2. The Kier molecular flexibility index (Phi) is 6.58. The van der Waals surface area contributed by atoms with Crippen molar-refractivity contribution in [3.05, 3.63) is 110 Å². The number of thiazole rings is 1. The van der Waals surface area contributed by atoms with E-state index in [2.05, 4.69) is 11.1 Å². The van der Waals surface area contributed by atoms with Gasteiger partial charge in [0.1, 0.15) is 12.4 Å². The molecule has 1 saturated heterocycles. The number of fused-ring (bicyclic) bond motifs is 9. The number of carbonyl (C=O) groups is 2. The van der Waals surface area contributed by atoms with Crippen molar-refractivity contribution in [2.75, 3.05) is 4.90 Å². The van der Waals surface area contributed by atoms with Crippen molar-refractivity contribution in [3.8, 4) is 5.75 Å². The first kappa shape index (κ1) is 28.6. The van der Waals surface area contributed by atoms with Crippen LogP contribution in [0.25, 0.3) is 0 Å². The highest BCUT2D eigenvalue weighted by Crippen LogP contribution is 2.69. The van der Waals surface area contributed by atoms with Crippen molar-refractivity contribution >= 4 is 40.6 Å². The summed E-state index contributed by atoms with van der Waals surface area (Å²) in [6.07, 6.45) is -3.92. The number of alkyl halides is 3. The summed E-state index contributed by atoms with van der Waals surface area (Å²) in [4.78, 5) is 45.3. The summed E-state index contributed by atoms with van der Waals surface area (Å²) < 4.78 is 47.0. The lowest BCUT2D eigenvalue weighted by Gasteiger charge is -2.43. The van der Waals surface area contributed by atoms with Crippen LogP contribution in [0.2, 0.25) is 0 Å². The van der Waals surface area contributed by atoms with Crippen LogP contribution in [0.5, 0.6) is 5.75 Å². The predicted octanol–water partition coefficient (Wildman–Crippen LogP) is 7.02. The van der Waals surface area contributed by atoms with E-state index < -0.39 is 35.4 Å². The molecule has 3 heterocycles. The Morgan fingerprint density at radius 1 is 0.933 bits per heavy atom. The molecular formula is C34H27F3N2O4S2. The first-order valence-electron chi connectivity index (χ1n) is 14.8. The average Bonchev–Trinajstić information content (AvgIpc) is 3.74. The third kappa shape index (κ3) is 4.49. The minimum Gasteiger partial charge on any atom is -0.489 e. The number of H-pyrrole nitrogens is 1. The van der Waals surface area contributed by atoms with Gasteiger partial charge < -0.3 is 9.72 Å². The van der Waals surface area contributed by atoms with Crippen molar-refractivity contribution in [1.29, 1.82) is 0 Å². The molecule has 2 bridgehead atoms. The third-order valence-electron chi connectivity index (χ3n) is 9.89. The van der Waals surface area contributed by atoms with Crippen LogP contribution in [0.4, 0.5) is 18.9 Å². The highest BCUT2D eigenvalue weighted by atomic mass is 32.2. The van der Waals surface area contributed by atoms with E-state index in [1.54, 1.807) is 11.8 Å². The van der Waals surface area contributed by atoms with E-state index in [-0.39, 0.29) is 39.5 Å². The van der Waals surface area contributed by atoms with E-state index in [0.717, 1.165) is 43.6 Å². The quantitative estimate of drug-likeness (QED) is 0.236. The number of thioether (sulfide) groups is 1. The molecule has 0 unspecified atom stereocenters. The number of amides is 2. The zero-order valence-corrected chi connectivity index (χ0v) is 25.5. The number of benzene rings is 3. The number of halogens is 3. The maximum Gasteiger partial charge on any atom is 0.416 e. The fraction of sp³-hybridized carbons (Fsp3) is 0.324. The first-order chi connectivity index (χ1) is 21.6. The van der Waals surface area contributed by atoms with E-state index in [1.807, 2.05) is 49.4 Å². The Morgan fingerprint density at radius 3 is 2.47 bits per heavy atom. The number of para-hydroxylation sites is 1. The Labute approximate surface area is 264 Å². The van der Waals surface area contributed by atoms with E-state index in [9.17, 15) is 27.6 Å². The van der Waals surface area contributed by atoms with Gasteiger partial charge in [0, 0.05) is 21.6 Å². The van der Waals surface area contributed by atoms with Gasteiger partial charge >= 0.3 is 11.0 Å². The van der Waals surface area contributed by atoms with Crippen LogP contribution in [0.15, 0.2) is 82.6 Å².